The van der Waals surface area contributed by atoms with Crippen LogP contribution in [0.3, 0.4) is 0 Å². The Kier molecular flexibility index (Phi) is 5.96. The summed E-state index contributed by atoms with van der Waals surface area (Å²) >= 11 is 0. The van der Waals surface area contributed by atoms with Crippen molar-refractivity contribution in [3.05, 3.63) is 54.1 Å². The van der Waals surface area contributed by atoms with E-state index < -0.39 is 0 Å². The molecule has 1 atom stereocenters. The number of hydrogen-bond donors (Lipinski definition) is 2. The highest BCUT2D eigenvalue weighted by Gasteiger charge is 2.20. The fourth-order valence-electron chi connectivity index (χ4n) is 3.07. The molecule has 0 saturated heterocycles. The van der Waals surface area contributed by atoms with Gasteiger partial charge in [-0.15, -0.1) is 0 Å². The lowest BCUT2D eigenvalue weighted by molar-refractivity contribution is -0.124. The third-order valence-corrected chi connectivity index (χ3v) is 4.54. The molecule has 0 saturated carbocycles. The molecule has 6 nitrogen and oxygen atoms in total. The monoisotopic (exact) mass is 368 g/mol. The molecule has 0 fully saturated rings. The highest BCUT2D eigenvalue weighted by Crippen LogP contribution is 2.34. The number of nitrogens with one attached hydrogen (secondary N) is 2. The predicted octanol–water partition coefficient (Wildman–Crippen LogP) is 3.30. The number of ether oxygens (including phenoxy) is 2. The number of rotatable bonds is 7. The summed E-state index contributed by atoms with van der Waals surface area (Å²) in [7, 11) is 0. The molecule has 2 N–H and O–H groups in total. The van der Waals surface area contributed by atoms with Gasteiger partial charge in [-0.3, -0.25) is 9.59 Å². The second-order valence-electron chi connectivity index (χ2n) is 6.86. The van der Waals surface area contributed by atoms with Crippen LogP contribution in [0.15, 0.2) is 48.5 Å². The normalized spacial score (nSPS) is 13.3. The van der Waals surface area contributed by atoms with Gasteiger partial charge in [0.15, 0.2) is 11.5 Å². The van der Waals surface area contributed by atoms with Crippen LogP contribution in [0.5, 0.6) is 11.5 Å². The minimum atomic E-state index is -0.289. The van der Waals surface area contributed by atoms with E-state index in [1.807, 2.05) is 30.3 Å². The summed E-state index contributed by atoms with van der Waals surface area (Å²) in [6.07, 6.45) is 0.346. The van der Waals surface area contributed by atoms with E-state index >= 15 is 0 Å². The highest BCUT2D eigenvalue weighted by molar-refractivity contribution is 5.94. The summed E-state index contributed by atoms with van der Waals surface area (Å²) in [5.74, 6) is 1.26. The molecule has 2 aromatic rings. The quantitative estimate of drug-likeness (QED) is 0.786. The molecule has 0 aliphatic carbocycles. The molecule has 0 bridgehead atoms. The van der Waals surface area contributed by atoms with Crippen LogP contribution in [0.4, 0.5) is 5.69 Å². The zero-order chi connectivity index (χ0) is 19.2. The SMILES string of the molecule is CC(C)C(CC(=O)NCC(=O)Nc1ccc2c(c1)OCO2)c1ccccc1. The fourth-order valence-corrected chi connectivity index (χ4v) is 3.07. The Bertz CT molecular complexity index is 805. The van der Waals surface area contributed by atoms with Gasteiger partial charge >= 0.3 is 0 Å². The maximum atomic E-state index is 12.3. The van der Waals surface area contributed by atoms with Gasteiger partial charge in [-0.05, 0) is 29.5 Å². The van der Waals surface area contributed by atoms with Crippen LogP contribution >= 0.6 is 0 Å². The zero-order valence-electron chi connectivity index (χ0n) is 15.5. The fraction of sp³-hybridized carbons (Fsp3) is 0.333. The van der Waals surface area contributed by atoms with Crippen LogP contribution in [0.25, 0.3) is 0 Å². The molecule has 3 rings (SSSR count). The van der Waals surface area contributed by atoms with Gasteiger partial charge in [0.05, 0.1) is 6.54 Å². The Labute approximate surface area is 158 Å². The summed E-state index contributed by atoms with van der Waals surface area (Å²) in [6.45, 7) is 4.29. The maximum Gasteiger partial charge on any atom is 0.243 e. The first-order valence-corrected chi connectivity index (χ1v) is 9.04. The highest BCUT2D eigenvalue weighted by atomic mass is 16.7. The van der Waals surface area contributed by atoms with Gasteiger partial charge in [0.1, 0.15) is 0 Å². The second-order valence-corrected chi connectivity index (χ2v) is 6.86. The van der Waals surface area contributed by atoms with Gasteiger partial charge in [0.25, 0.3) is 0 Å². The number of anilines is 1. The molecule has 142 valence electrons. The third-order valence-electron chi connectivity index (χ3n) is 4.54. The van der Waals surface area contributed by atoms with E-state index in [4.69, 9.17) is 9.47 Å². The van der Waals surface area contributed by atoms with E-state index in [0.29, 0.717) is 29.5 Å². The number of hydrogen-bond acceptors (Lipinski definition) is 4. The summed E-state index contributed by atoms with van der Waals surface area (Å²) in [5, 5.41) is 5.45. The van der Waals surface area contributed by atoms with E-state index in [1.165, 1.54) is 0 Å². The van der Waals surface area contributed by atoms with Gasteiger partial charge < -0.3 is 20.1 Å². The summed E-state index contributed by atoms with van der Waals surface area (Å²) in [4.78, 5) is 24.4. The summed E-state index contributed by atoms with van der Waals surface area (Å²) < 4.78 is 10.5. The molecule has 27 heavy (non-hydrogen) atoms. The average molecular weight is 368 g/mol. The smallest absolute Gasteiger partial charge is 0.243 e. The molecule has 0 radical (unpaired) electrons. The Morgan fingerprint density at radius 1 is 1.00 bits per heavy atom. The molecule has 1 aliphatic rings. The van der Waals surface area contributed by atoms with Crippen LogP contribution in [0, 0.1) is 5.92 Å². The minimum Gasteiger partial charge on any atom is -0.454 e. The lowest BCUT2D eigenvalue weighted by Crippen LogP contribution is -2.34. The topological polar surface area (TPSA) is 76.7 Å². The van der Waals surface area contributed by atoms with Crippen LogP contribution in [0.2, 0.25) is 0 Å². The molecule has 2 amide bonds. The third kappa shape index (κ3) is 5.00. The summed E-state index contributed by atoms with van der Waals surface area (Å²) in [5.41, 5.74) is 1.73. The van der Waals surface area contributed by atoms with Crippen molar-refractivity contribution < 1.29 is 19.1 Å². The first kappa shape index (κ1) is 18.8. The van der Waals surface area contributed by atoms with E-state index in [1.54, 1.807) is 18.2 Å². The van der Waals surface area contributed by atoms with Gasteiger partial charge in [-0.1, -0.05) is 44.2 Å². The number of amides is 2. The van der Waals surface area contributed by atoms with Crippen LogP contribution in [-0.4, -0.2) is 25.2 Å². The molecular weight excluding hydrogens is 344 g/mol. The van der Waals surface area contributed by atoms with Crippen molar-refractivity contribution in [2.75, 3.05) is 18.7 Å². The average Bonchev–Trinajstić information content (AvgIpc) is 3.12. The Morgan fingerprint density at radius 2 is 1.74 bits per heavy atom. The van der Waals surface area contributed by atoms with Crippen molar-refractivity contribution in [2.45, 2.75) is 26.2 Å². The molecule has 0 aromatic heterocycles. The lowest BCUT2D eigenvalue weighted by atomic mass is 9.85. The van der Waals surface area contributed by atoms with Crippen molar-refractivity contribution in [3.63, 3.8) is 0 Å². The largest absolute Gasteiger partial charge is 0.454 e. The number of benzene rings is 2. The van der Waals surface area contributed by atoms with E-state index in [-0.39, 0.29) is 31.1 Å². The van der Waals surface area contributed by atoms with Crippen molar-refractivity contribution in [3.8, 4) is 11.5 Å². The van der Waals surface area contributed by atoms with Crippen molar-refractivity contribution >= 4 is 17.5 Å². The van der Waals surface area contributed by atoms with Gasteiger partial charge in [-0.25, -0.2) is 0 Å². The van der Waals surface area contributed by atoms with Gasteiger partial charge in [0, 0.05) is 18.2 Å². The minimum absolute atomic E-state index is 0.0765. The summed E-state index contributed by atoms with van der Waals surface area (Å²) in [6, 6.07) is 15.1. The van der Waals surface area contributed by atoms with Gasteiger partial charge in [0.2, 0.25) is 18.6 Å². The molecule has 1 unspecified atom stereocenters. The predicted molar refractivity (Wildman–Crippen MR) is 103 cm³/mol. The van der Waals surface area contributed by atoms with Gasteiger partial charge in [-0.2, -0.15) is 0 Å². The second kappa shape index (κ2) is 8.58. The molecule has 1 heterocycles. The van der Waals surface area contributed by atoms with E-state index in [9.17, 15) is 9.59 Å². The molecule has 2 aromatic carbocycles. The van der Waals surface area contributed by atoms with Crippen LogP contribution in [0.1, 0.15) is 31.7 Å². The molecule has 0 spiro atoms. The molecular formula is C21H24N2O4. The first-order chi connectivity index (χ1) is 13.0. The number of carbonyl (C=O) groups is 2. The lowest BCUT2D eigenvalue weighted by Gasteiger charge is -2.21. The number of fused-ring (bicyclic) bond motifs is 1. The Morgan fingerprint density at radius 3 is 2.48 bits per heavy atom. The zero-order valence-corrected chi connectivity index (χ0v) is 15.5. The van der Waals surface area contributed by atoms with E-state index in [0.717, 1.165) is 5.56 Å². The first-order valence-electron chi connectivity index (χ1n) is 9.04. The van der Waals surface area contributed by atoms with Crippen molar-refractivity contribution in [2.24, 2.45) is 5.92 Å². The maximum absolute atomic E-state index is 12.3. The molecule has 1 aliphatic heterocycles. The standard InChI is InChI=1S/C21H24N2O4/c1-14(2)17(15-6-4-3-5-7-15)11-20(24)22-12-21(25)23-16-8-9-18-19(10-16)27-13-26-18/h3-10,14,17H,11-13H2,1-2H3,(H,22,24)(H,23,25). The van der Waals surface area contributed by atoms with Crippen molar-refractivity contribution in [1.82, 2.24) is 5.32 Å². The van der Waals surface area contributed by atoms with Crippen LogP contribution in [-0.2, 0) is 9.59 Å². The van der Waals surface area contributed by atoms with E-state index in [2.05, 4.69) is 24.5 Å². The molecule has 6 heteroatoms. The Balaban J connectivity index is 1.50. The number of carbonyl (C=O) groups excluding carboxylic acids is 2. The Hall–Kier alpha value is -3.02. The van der Waals surface area contributed by atoms with Crippen molar-refractivity contribution in [1.29, 1.82) is 0 Å². The van der Waals surface area contributed by atoms with Crippen LogP contribution < -0.4 is 20.1 Å².